The largest absolute Gasteiger partial charge is 0.294 e. The second-order valence-electron chi connectivity index (χ2n) is 5.95. The van der Waals surface area contributed by atoms with Crippen molar-refractivity contribution in [1.82, 2.24) is 0 Å². The van der Waals surface area contributed by atoms with Crippen LogP contribution in [0.1, 0.15) is 40.1 Å². The number of ketones is 2. The van der Waals surface area contributed by atoms with Gasteiger partial charge in [-0.1, -0.05) is 105 Å². The molecule has 0 radical (unpaired) electrons. The minimum atomic E-state index is 0.0752. The summed E-state index contributed by atoms with van der Waals surface area (Å²) >= 11 is 0. The molecule has 25 heavy (non-hydrogen) atoms. The number of Topliss-reactive ketones (excluding diaryl/α,β-unsaturated/α-hetero) is 1. The molecule has 0 fully saturated rings. The van der Waals surface area contributed by atoms with Crippen molar-refractivity contribution in [3.8, 4) is 0 Å². The summed E-state index contributed by atoms with van der Waals surface area (Å²) in [6.45, 7) is 3.82. The molecule has 0 saturated heterocycles. The zero-order chi connectivity index (χ0) is 18.1. The number of benzene rings is 3. The van der Waals surface area contributed by atoms with Crippen LogP contribution in [0.15, 0.2) is 91.0 Å². The van der Waals surface area contributed by atoms with E-state index in [-0.39, 0.29) is 17.5 Å². The first-order chi connectivity index (χ1) is 12.1. The number of hydrogen-bond acceptors (Lipinski definition) is 2. The first kappa shape index (κ1) is 18.3. The van der Waals surface area contributed by atoms with Crippen molar-refractivity contribution in [3.05, 3.63) is 108 Å². The summed E-state index contributed by atoms with van der Waals surface area (Å²) < 4.78 is 0. The molecule has 0 aliphatic heterocycles. The lowest BCUT2D eigenvalue weighted by atomic mass is 10.0. The van der Waals surface area contributed by atoms with Gasteiger partial charge in [0.2, 0.25) is 0 Å². The highest BCUT2D eigenvalue weighted by Gasteiger charge is 2.08. The lowest BCUT2D eigenvalue weighted by Gasteiger charge is -2.01. The zero-order valence-corrected chi connectivity index (χ0v) is 14.6. The maximum Gasteiger partial charge on any atom is 0.193 e. The number of carbonyl (C=O) groups excluding carboxylic acids is 2. The van der Waals surface area contributed by atoms with Crippen molar-refractivity contribution in [2.75, 3.05) is 0 Å². The Hall–Kier alpha value is -3.00. The van der Waals surface area contributed by atoms with Gasteiger partial charge in [-0.2, -0.15) is 0 Å². The highest BCUT2D eigenvalue weighted by Crippen LogP contribution is 2.08. The van der Waals surface area contributed by atoms with Crippen molar-refractivity contribution in [3.63, 3.8) is 0 Å². The first-order valence-electron chi connectivity index (χ1n) is 8.33. The standard InChI is InChI=1S/C13H10O.C10H12O/c14-13(11-7-3-1-4-8-11)12-9-5-2-6-10-12;1-8(2)10(11)9-6-4-3-5-7-9/h1-10H;3-8H,1-2H3. The van der Waals surface area contributed by atoms with E-state index in [2.05, 4.69) is 0 Å². The molecule has 0 heterocycles. The predicted molar refractivity (Wildman–Crippen MR) is 102 cm³/mol. The molecule has 3 aromatic carbocycles. The average molecular weight is 330 g/mol. The molecule has 3 rings (SSSR count). The van der Waals surface area contributed by atoms with Gasteiger partial charge in [0.25, 0.3) is 0 Å². The summed E-state index contributed by atoms with van der Waals surface area (Å²) in [5.41, 5.74) is 2.28. The molecular weight excluding hydrogens is 308 g/mol. The summed E-state index contributed by atoms with van der Waals surface area (Å²) in [5.74, 6) is 0.384. The molecule has 126 valence electrons. The lowest BCUT2D eigenvalue weighted by Crippen LogP contribution is -2.06. The van der Waals surface area contributed by atoms with Crippen molar-refractivity contribution in [2.24, 2.45) is 5.92 Å². The summed E-state index contributed by atoms with van der Waals surface area (Å²) in [6, 6.07) is 28.0. The van der Waals surface area contributed by atoms with Gasteiger partial charge in [0.15, 0.2) is 11.6 Å². The Balaban J connectivity index is 0.000000186. The Morgan fingerprint density at radius 3 is 1.20 bits per heavy atom. The predicted octanol–water partition coefficient (Wildman–Crippen LogP) is 5.44. The smallest absolute Gasteiger partial charge is 0.193 e. The molecule has 2 nitrogen and oxygen atoms in total. The molecule has 0 spiro atoms. The van der Waals surface area contributed by atoms with Gasteiger partial charge < -0.3 is 0 Å². The summed E-state index contributed by atoms with van der Waals surface area (Å²) in [5, 5.41) is 0. The van der Waals surface area contributed by atoms with Gasteiger partial charge in [-0.3, -0.25) is 9.59 Å². The highest BCUT2D eigenvalue weighted by atomic mass is 16.1. The number of carbonyl (C=O) groups is 2. The van der Waals surface area contributed by atoms with Crippen molar-refractivity contribution in [2.45, 2.75) is 13.8 Å². The molecule has 0 atom stereocenters. The quantitative estimate of drug-likeness (QED) is 0.597. The van der Waals surface area contributed by atoms with Crippen LogP contribution in [-0.4, -0.2) is 11.6 Å². The van der Waals surface area contributed by atoms with E-state index in [1.54, 1.807) is 0 Å². The third-order valence-corrected chi connectivity index (χ3v) is 3.65. The van der Waals surface area contributed by atoms with Crippen LogP contribution < -0.4 is 0 Å². The van der Waals surface area contributed by atoms with Gasteiger partial charge in [-0.25, -0.2) is 0 Å². The van der Waals surface area contributed by atoms with Crippen LogP contribution in [0.5, 0.6) is 0 Å². The van der Waals surface area contributed by atoms with Gasteiger partial charge in [-0.15, -0.1) is 0 Å². The van der Waals surface area contributed by atoms with Crippen LogP contribution in [0.2, 0.25) is 0 Å². The third kappa shape index (κ3) is 5.54. The minimum absolute atomic E-state index is 0.0752. The summed E-state index contributed by atoms with van der Waals surface area (Å²) in [6.07, 6.45) is 0. The third-order valence-electron chi connectivity index (χ3n) is 3.65. The van der Waals surface area contributed by atoms with Gasteiger partial charge in [0, 0.05) is 22.6 Å². The van der Waals surface area contributed by atoms with E-state index in [0.717, 1.165) is 16.7 Å². The fraction of sp³-hybridized carbons (Fsp3) is 0.130. The van der Waals surface area contributed by atoms with E-state index in [9.17, 15) is 9.59 Å². The Kier molecular flexibility index (Phi) is 6.85. The van der Waals surface area contributed by atoms with Crippen LogP contribution in [0.25, 0.3) is 0 Å². The van der Waals surface area contributed by atoms with E-state index in [0.29, 0.717) is 0 Å². The van der Waals surface area contributed by atoms with Crippen LogP contribution in [0.4, 0.5) is 0 Å². The average Bonchev–Trinajstić information content (AvgIpc) is 2.69. The molecular formula is C23H22O2. The Labute approximate surface area is 149 Å². The fourth-order valence-electron chi connectivity index (χ4n) is 2.28. The van der Waals surface area contributed by atoms with Gasteiger partial charge in [-0.05, 0) is 0 Å². The first-order valence-corrected chi connectivity index (χ1v) is 8.33. The van der Waals surface area contributed by atoms with Crippen molar-refractivity contribution < 1.29 is 9.59 Å². The Morgan fingerprint density at radius 2 is 0.880 bits per heavy atom. The van der Waals surface area contributed by atoms with E-state index >= 15 is 0 Å². The van der Waals surface area contributed by atoms with Crippen LogP contribution in [0.3, 0.4) is 0 Å². The Morgan fingerprint density at radius 1 is 0.560 bits per heavy atom. The van der Waals surface area contributed by atoms with E-state index in [1.807, 2.05) is 105 Å². The van der Waals surface area contributed by atoms with Crippen molar-refractivity contribution >= 4 is 11.6 Å². The van der Waals surface area contributed by atoms with Crippen LogP contribution >= 0.6 is 0 Å². The minimum Gasteiger partial charge on any atom is -0.294 e. The van der Waals surface area contributed by atoms with E-state index in [4.69, 9.17) is 0 Å². The molecule has 0 aliphatic rings. The molecule has 0 N–H and O–H groups in total. The molecule has 0 amide bonds. The number of hydrogen-bond donors (Lipinski definition) is 0. The molecule has 0 aromatic heterocycles. The molecule has 0 unspecified atom stereocenters. The topological polar surface area (TPSA) is 34.1 Å². The summed E-state index contributed by atoms with van der Waals surface area (Å²) in [4.78, 5) is 23.2. The Bertz CT molecular complexity index is 750. The van der Waals surface area contributed by atoms with Crippen molar-refractivity contribution in [1.29, 1.82) is 0 Å². The highest BCUT2D eigenvalue weighted by molar-refractivity contribution is 6.08. The second kappa shape index (κ2) is 9.33. The normalized spacial score (nSPS) is 9.88. The molecule has 0 aliphatic carbocycles. The van der Waals surface area contributed by atoms with Gasteiger partial charge in [0.05, 0.1) is 0 Å². The fourth-order valence-corrected chi connectivity index (χ4v) is 2.28. The second-order valence-corrected chi connectivity index (χ2v) is 5.95. The SMILES string of the molecule is CC(C)C(=O)c1ccccc1.O=C(c1ccccc1)c1ccccc1. The lowest BCUT2D eigenvalue weighted by molar-refractivity contribution is 0.0939. The van der Waals surface area contributed by atoms with Crippen LogP contribution in [-0.2, 0) is 0 Å². The maximum atomic E-state index is 11.8. The number of rotatable bonds is 4. The van der Waals surface area contributed by atoms with Crippen LogP contribution in [0, 0.1) is 5.92 Å². The zero-order valence-electron chi connectivity index (χ0n) is 14.6. The van der Waals surface area contributed by atoms with Gasteiger partial charge in [0.1, 0.15) is 0 Å². The van der Waals surface area contributed by atoms with Gasteiger partial charge >= 0.3 is 0 Å². The van der Waals surface area contributed by atoms with E-state index < -0.39 is 0 Å². The molecule has 2 heteroatoms. The summed E-state index contributed by atoms with van der Waals surface area (Å²) in [7, 11) is 0. The molecule has 3 aromatic rings. The maximum absolute atomic E-state index is 11.8. The van der Waals surface area contributed by atoms with E-state index in [1.165, 1.54) is 0 Å². The molecule has 0 bridgehead atoms. The molecule has 0 saturated carbocycles. The monoisotopic (exact) mass is 330 g/mol.